The predicted octanol–water partition coefficient (Wildman–Crippen LogP) is 4.84. The SMILES string of the molecule is [CH2]CCCCCC(C)CC(C)(C)C. The van der Waals surface area contributed by atoms with E-state index in [1.165, 1.54) is 32.1 Å². The van der Waals surface area contributed by atoms with E-state index in [1.54, 1.807) is 0 Å². The van der Waals surface area contributed by atoms with Gasteiger partial charge in [0.25, 0.3) is 0 Å². The lowest BCUT2D eigenvalue weighted by molar-refractivity contribution is 0.292. The van der Waals surface area contributed by atoms with E-state index in [-0.39, 0.29) is 0 Å². The molecule has 1 atom stereocenters. The second-order valence-corrected chi connectivity index (χ2v) is 5.57. The lowest BCUT2D eigenvalue weighted by Gasteiger charge is -2.23. The molecule has 0 fully saturated rings. The predicted molar refractivity (Wildman–Crippen MR) is 61.7 cm³/mol. The average molecular weight is 183 g/mol. The van der Waals surface area contributed by atoms with E-state index in [1.807, 2.05) is 0 Å². The molecule has 0 aliphatic heterocycles. The van der Waals surface area contributed by atoms with Crippen LogP contribution in [0.3, 0.4) is 0 Å². The van der Waals surface area contributed by atoms with E-state index < -0.39 is 0 Å². The maximum absolute atomic E-state index is 3.86. The van der Waals surface area contributed by atoms with Crippen molar-refractivity contribution in [3.63, 3.8) is 0 Å². The molecule has 1 radical (unpaired) electrons. The lowest BCUT2D eigenvalue weighted by atomic mass is 9.83. The molecule has 0 aromatic carbocycles. The van der Waals surface area contributed by atoms with Gasteiger partial charge in [0, 0.05) is 0 Å². The fourth-order valence-corrected chi connectivity index (χ4v) is 1.99. The number of rotatable bonds is 6. The molecule has 13 heavy (non-hydrogen) atoms. The molecule has 0 heteroatoms. The standard InChI is InChI=1S/C13H27/c1-6-7-8-9-10-12(2)11-13(3,4)5/h12H,1,6-11H2,2-5H3. The molecule has 0 rings (SSSR count). The molecule has 0 nitrogen and oxygen atoms in total. The van der Waals surface area contributed by atoms with Crippen LogP contribution in [-0.2, 0) is 0 Å². The van der Waals surface area contributed by atoms with Gasteiger partial charge in [-0.15, -0.1) is 0 Å². The molecule has 0 aromatic rings. The van der Waals surface area contributed by atoms with Crippen LogP contribution in [0, 0.1) is 18.3 Å². The van der Waals surface area contributed by atoms with Gasteiger partial charge in [-0.2, -0.15) is 0 Å². The van der Waals surface area contributed by atoms with Crippen LogP contribution in [0.2, 0.25) is 0 Å². The van der Waals surface area contributed by atoms with E-state index in [2.05, 4.69) is 34.6 Å². The van der Waals surface area contributed by atoms with Crippen molar-refractivity contribution < 1.29 is 0 Å². The smallest absolute Gasteiger partial charge is 0.0380 e. The Hall–Kier alpha value is 0. The highest BCUT2D eigenvalue weighted by Crippen LogP contribution is 2.27. The van der Waals surface area contributed by atoms with Gasteiger partial charge in [-0.3, -0.25) is 0 Å². The summed E-state index contributed by atoms with van der Waals surface area (Å²) in [6, 6.07) is 0. The molecule has 0 N–H and O–H groups in total. The average Bonchev–Trinajstić information content (AvgIpc) is 1.94. The Morgan fingerprint density at radius 1 is 1.08 bits per heavy atom. The van der Waals surface area contributed by atoms with Crippen LogP contribution >= 0.6 is 0 Å². The number of hydrogen-bond donors (Lipinski definition) is 0. The highest BCUT2D eigenvalue weighted by molar-refractivity contribution is 4.66. The Labute approximate surface area is 85.1 Å². The summed E-state index contributed by atoms with van der Waals surface area (Å²) < 4.78 is 0. The second-order valence-electron chi connectivity index (χ2n) is 5.57. The largest absolute Gasteiger partial charge is 0.0625 e. The molecule has 1 unspecified atom stereocenters. The second kappa shape index (κ2) is 6.45. The molecule has 0 heterocycles. The van der Waals surface area contributed by atoms with Crippen LogP contribution in [0.4, 0.5) is 0 Å². The normalized spacial score (nSPS) is 14.5. The van der Waals surface area contributed by atoms with Crippen LogP contribution in [0.5, 0.6) is 0 Å². The summed E-state index contributed by atoms with van der Waals surface area (Å²) in [4.78, 5) is 0. The summed E-state index contributed by atoms with van der Waals surface area (Å²) in [6.45, 7) is 13.2. The zero-order chi connectivity index (χ0) is 10.3. The van der Waals surface area contributed by atoms with Crippen molar-refractivity contribution in [2.24, 2.45) is 11.3 Å². The zero-order valence-corrected chi connectivity index (χ0v) is 10.0. The first-order chi connectivity index (χ1) is 5.95. The van der Waals surface area contributed by atoms with Gasteiger partial charge in [-0.1, -0.05) is 66.7 Å². The minimum absolute atomic E-state index is 0.506. The molecule has 0 saturated carbocycles. The van der Waals surface area contributed by atoms with Gasteiger partial charge >= 0.3 is 0 Å². The maximum Gasteiger partial charge on any atom is -0.0380 e. The fourth-order valence-electron chi connectivity index (χ4n) is 1.99. The van der Waals surface area contributed by atoms with Crippen molar-refractivity contribution in [2.45, 2.75) is 66.2 Å². The van der Waals surface area contributed by atoms with Crippen LogP contribution < -0.4 is 0 Å². The van der Waals surface area contributed by atoms with Gasteiger partial charge in [0.15, 0.2) is 0 Å². The van der Waals surface area contributed by atoms with Crippen LogP contribution in [0.15, 0.2) is 0 Å². The molecule has 0 bridgehead atoms. The quantitative estimate of drug-likeness (QED) is 0.517. The van der Waals surface area contributed by atoms with Crippen molar-refractivity contribution in [1.82, 2.24) is 0 Å². The Morgan fingerprint density at radius 2 is 1.69 bits per heavy atom. The Morgan fingerprint density at radius 3 is 2.15 bits per heavy atom. The van der Waals surface area contributed by atoms with Gasteiger partial charge in [-0.05, 0) is 17.8 Å². The highest BCUT2D eigenvalue weighted by Gasteiger charge is 2.14. The third-order valence-corrected chi connectivity index (χ3v) is 2.41. The molecule has 0 aromatic heterocycles. The van der Waals surface area contributed by atoms with Crippen molar-refractivity contribution in [1.29, 1.82) is 0 Å². The summed E-state index contributed by atoms with van der Waals surface area (Å²) >= 11 is 0. The van der Waals surface area contributed by atoms with E-state index in [9.17, 15) is 0 Å². The molecule has 0 aliphatic rings. The topological polar surface area (TPSA) is 0 Å². The van der Waals surface area contributed by atoms with Gasteiger partial charge < -0.3 is 0 Å². The zero-order valence-electron chi connectivity index (χ0n) is 10.0. The molecule has 0 aliphatic carbocycles. The summed E-state index contributed by atoms with van der Waals surface area (Å²) in [7, 11) is 0. The van der Waals surface area contributed by atoms with E-state index in [0.29, 0.717) is 5.41 Å². The molecular formula is C13H27. The van der Waals surface area contributed by atoms with Crippen molar-refractivity contribution >= 4 is 0 Å². The first-order valence-electron chi connectivity index (χ1n) is 5.75. The van der Waals surface area contributed by atoms with Gasteiger partial charge in [0.05, 0.1) is 0 Å². The van der Waals surface area contributed by atoms with E-state index in [4.69, 9.17) is 0 Å². The fraction of sp³-hybridized carbons (Fsp3) is 0.923. The lowest BCUT2D eigenvalue weighted by Crippen LogP contribution is -2.10. The first-order valence-corrected chi connectivity index (χ1v) is 5.75. The Kier molecular flexibility index (Phi) is 6.45. The minimum atomic E-state index is 0.506. The van der Waals surface area contributed by atoms with Crippen LogP contribution in [0.25, 0.3) is 0 Å². The third kappa shape index (κ3) is 9.92. The third-order valence-electron chi connectivity index (χ3n) is 2.41. The van der Waals surface area contributed by atoms with Crippen LogP contribution in [-0.4, -0.2) is 0 Å². The first kappa shape index (κ1) is 13.0. The molecule has 0 saturated heterocycles. The van der Waals surface area contributed by atoms with Gasteiger partial charge in [-0.25, -0.2) is 0 Å². The summed E-state index contributed by atoms with van der Waals surface area (Å²) in [6.07, 6.45) is 7.94. The summed E-state index contributed by atoms with van der Waals surface area (Å²) in [5.41, 5.74) is 0.506. The maximum atomic E-state index is 3.86. The molecular weight excluding hydrogens is 156 g/mol. The minimum Gasteiger partial charge on any atom is -0.0625 e. The molecule has 0 amide bonds. The van der Waals surface area contributed by atoms with Crippen molar-refractivity contribution in [3.05, 3.63) is 6.92 Å². The summed E-state index contributed by atoms with van der Waals surface area (Å²) in [5, 5.41) is 0. The monoisotopic (exact) mass is 183 g/mol. The number of hydrogen-bond acceptors (Lipinski definition) is 0. The van der Waals surface area contributed by atoms with E-state index in [0.717, 1.165) is 12.3 Å². The molecule has 0 spiro atoms. The van der Waals surface area contributed by atoms with Crippen molar-refractivity contribution in [3.8, 4) is 0 Å². The van der Waals surface area contributed by atoms with Crippen molar-refractivity contribution in [2.75, 3.05) is 0 Å². The van der Waals surface area contributed by atoms with E-state index >= 15 is 0 Å². The van der Waals surface area contributed by atoms with Gasteiger partial charge in [0.1, 0.15) is 0 Å². The Balaban J connectivity index is 3.35. The highest BCUT2D eigenvalue weighted by atomic mass is 14.2. The summed E-state index contributed by atoms with van der Waals surface area (Å²) in [5.74, 6) is 0.893. The van der Waals surface area contributed by atoms with Gasteiger partial charge in [0.2, 0.25) is 0 Å². The van der Waals surface area contributed by atoms with Crippen LogP contribution in [0.1, 0.15) is 66.2 Å². The molecule has 79 valence electrons. The Bertz CT molecular complexity index is 108. The number of unbranched alkanes of at least 4 members (excludes halogenated alkanes) is 3.